The maximum atomic E-state index is 12.6. The van der Waals surface area contributed by atoms with Gasteiger partial charge in [-0.3, -0.25) is 4.79 Å². The monoisotopic (exact) mass is 304 g/mol. The Bertz CT molecular complexity index is 882. The number of carbonyl (C=O) groups excluding carboxylic acids is 1. The van der Waals surface area contributed by atoms with Crippen LogP contribution in [-0.2, 0) is 0 Å². The van der Waals surface area contributed by atoms with Crippen molar-refractivity contribution in [3.8, 4) is 0 Å². The van der Waals surface area contributed by atoms with Gasteiger partial charge in [-0.15, -0.1) is 0 Å². The number of benzene rings is 2. The van der Waals surface area contributed by atoms with E-state index in [1.54, 1.807) is 30.3 Å². The summed E-state index contributed by atoms with van der Waals surface area (Å²) in [4.78, 5) is 12.7. The van der Waals surface area contributed by atoms with E-state index in [1.807, 2.05) is 6.07 Å². The molecule has 1 heterocycles. The zero-order valence-corrected chi connectivity index (χ0v) is 11.7. The molecule has 2 N–H and O–H groups in total. The second-order valence-electron chi connectivity index (χ2n) is 4.22. The zero-order valence-electron chi connectivity index (χ0n) is 10.2. The van der Waals surface area contributed by atoms with Gasteiger partial charge in [0, 0.05) is 5.69 Å². The zero-order chi connectivity index (χ0) is 14.3. The van der Waals surface area contributed by atoms with E-state index in [2.05, 4.69) is 0 Å². The first-order valence-corrected chi connectivity index (χ1v) is 6.57. The number of hydrogen-bond acceptors (Lipinski definition) is 4. The first-order chi connectivity index (χ1) is 9.58. The molecule has 0 saturated heterocycles. The number of nitrogens with zero attached hydrogens (tertiary/aromatic N) is 1. The second-order valence-corrected chi connectivity index (χ2v) is 4.97. The summed E-state index contributed by atoms with van der Waals surface area (Å²) in [5.74, 6) is -0.343. The fraction of sp³-hybridized carbons (Fsp3) is 0. The third kappa shape index (κ3) is 2.01. The summed E-state index contributed by atoms with van der Waals surface area (Å²) in [6.45, 7) is 0. The minimum atomic E-state index is -0.343. The lowest BCUT2D eigenvalue weighted by atomic mass is 10.2. The molecule has 1 aromatic heterocycles. The van der Waals surface area contributed by atoms with E-state index in [0.29, 0.717) is 22.4 Å². The van der Waals surface area contributed by atoms with Gasteiger partial charge < -0.3 is 10.2 Å². The summed E-state index contributed by atoms with van der Waals surface area (Å²) < 4.78 is 6.72. The molecule has 0 spiro atoms. The Morgan fingerprint density at radius 1 is 1.25 bits per heavy atom. The number of rotatable bonds is 1. The topological polar surface area (TPSA) is 61.2 Å². The molecular weight excluding hydrogens is 296 g/mol. The van der Waals surface area contributed by atoms with Gasteiger partial charge in [0.05, 0.1) is 16.1 Å². The number of nitrogens with two attached hydrogens (primary N) is 1. The number of oxazole rings is 1. The molecule has 0 aliphatic rings. The van der Waals surface area contributed by atoms with Crippen LogP contribution in [0.1, 0.15) is 10.4 Å². The van der Waals surface area contributed by atoms with Crippen molar-refractivity contribution in [1.29, 1.82) is 0 Å². The van der Waals surface area contributed by atoms with E-state index in [0.717, 1.165) is 0 Å². The number of halogens is 1. The largest absolute Gasteiger partial charge is 0.429 e. The molecule has 3 rings (SSSR count). The Hall–Kier alpha value is -2.11. The van der Waals surface area contributed by atoms with E-state index < -0.39 is 0 Å². The van der Waals surface area contributed by atoms with Crippen molar-refractivity contribution in [3.05, 3.63) is 57.9 Å². The van der Waals surface area contributed by atoms with E-state index in [9.17, 15) is 4.79 Å². The maximum absolute atomic E-state index is 12.6. The molecule has 0 radical (unpaired) electrons. The molecule has 0 fully saturated rings. The number of nitrogen functional groups attached to an aromatic ring is 1. The predicted octanol–water partition coefficient (Wildman–Crippen LogP) is 3.89. The maximum Gasteiger partial charge on any atom is 0.276 e. The highest BCUT2D eigenvalue weighted by Gasteiger charge is 2.17. The first kappa shape index (κ1) is 12.9. The Kier molecular flexibility index (Phi) is 3.08. The molecule has 0 atom stereocenters. The molecule has 0 amide bonds. The summed E-state index contributed by atoms with van der Waals surface area (Å²) in [5, 5.41) is 0.280. The van der Waals surface area contributed by atoms with Crippen LogP contribution in [0.4, 0.5) is 5.69 Å². The molecule has 0 bridgehead atoms. The van der Waals surface area contributed by atoms with Crippen LogP contribution >= 0.6 is 23.8 Å². The van der Waals surface area contributed by atoms with Gasteiger partial charge in [0.2, 0.25) is 0 Å². The van der Waals surface area contributed by atoms with Gasteiger partial charge in [-0.05, 0) is 42.5 Å². The van der Waals surface area contributed by atoms with Crippen molar-refractivity contribution in [2.24, 2.45) is 0 Å². The lowest BCUT2D eigenvalue weighted by Gasteiger charge is -2.05. The van der Waals surface area contributed by atoms with Crippen molar-refractivity contribution >= 4 is 46.5 Å². The number of hydrogen-bond donors (Lipinski definition) is 1. The number of anilines is 1. The lowest BCUT2D eigenvalue weighted by molar-refractivity contribution is 0.0959. The third-order valence-corrected chi connectivity index (χ3v) is 3.49. The van der Waals surface area contributed by atoms with Gasteiger partial charge in [-0.1, -0.05) is 23.7 Å². The molecule has 100 valence electrons. The van der Waals surface area contributed by atoms with Crippen LogP contribution < -0.4 is 5.73 Å². The Morgan fingerprint density at radius 2 is 2.00 bits per heavy atom. The highest BCUT2D eigenvalue weighted by molar-refractivity contribution is 7.71. The van der Waals surface area contributed by atoms with Crippen molar-refractivity contribution in [2.75, 3.05) is 5.73 Å². The third-order valence-electron chi connectivity index (χ3n) is 2.91. The van der Waals surface area contributed by atoms with Crippen molar-refractivity contribution in [1.82, 2.24) is 4.57 Å². The summed E-state index contributed by atoms with van der Waals surface area (Å²) in [6.07, 6.45) is 0. The fourth-order valence-electron chi connectivity index (χ4n) is 1.98. The normalized spacial score (nSPS) is 10.8. The summed E-state index contributed by atoms with van der Waals surface area (Å²) in [6, 6.07) is 11.8. The fourth-order valence-corrected chi connectivity index (χ4v) is 2.52. The molecule has 20 heavy (non-hydrogen) atoms. The molecule has 0 saturated carbocycles. The number of fused-ring (bicyclic) bond motifs is 1. The van der Waals surface area contributed by atoms with E-state index in [1.165, 1.54) is 10.6 Å². The average molecular weight is 305 g/mol. The van der Waals surface area contributed by atoms with Gasteiger partial charge in [0.15, 0.2) is 5.58 Å². The van der Waals surface area contributed by atoms with Crippen LogP contribution in [0.3, 0.4) is 0 Å². The Morgan fingerprint density at radius 3 is 2.75 bits per heavy atom. The number of carbonyl (C=O) groups is 1. The van der Waals surface area contributed by atoms with Crippen LogP contribution in [0.25, 0.3) is 11.1 Å². The lowest BCUT2D eigenvalue weighted by Crippen LogP contribution is -2.12. The summed E-state index contributed by atoms with van der Waals surface area (Å²) in [7, 11) is 0. The Labute approximate surface area is 124 Å². The van der Waals surface area contributed by atoms with Crippen LogP contribution in [0, 0.1) is 4.84 Å². The van der Waals surface area contributed by atoms with Gasteiger partial charge in [-0.2, -0.15) is 0 Å². The second kappa shape index (κ2) is 4.77. The highest BCUT2D eigenvalue weighted by atomic mass is 35.5. The predicted molar refractivity (Wildman–Crippen MR) is 80.6 cm³/mol. The van der Waals surface area contributed by atoms with Gasteiger partial charge in [0.1, 0.15) is 0 Å². The van der Waals surface area contributed by atoms with Crippen molar-refractivity contribution in [3.63, 3.8) is 0 Å². The van der Waals surface area contributed by atoms with Crippen molar-refractivity contribution in [2.45, 2.75) is 0 Å². The van der Waals surface area contributed by atoms with Crippen LogP contribution in [-0.4, -0.2) is 10.5 Å². The van der Waals surface area contributed by atoms with Gasteiger partial charge in [-0.25, -0.2) is 4.57 Å². The SMILES string of the molecule is Nc1ccc(C(=O)n2c(=S)oc3ccccc32)c(Cl)c1. The van der Waals surface area contributed by atoms with Crippen LogP contribution in [0.5, 0.6) is 0 Å². The van der Waals surface area contributed by atoms with Gasteiger partial charge >= 0.3 is 0 Å². The highest BCUT2D eigenvalue weighted by Crippen LogP contribution is 2.23. The van der Waals surface area contributed by atoms with Crippen molar-refractivity contribution < 1.29 is 9.21 Å². The smallest absolute Gasteiger partial charge is 0.276 e. The van der Waals surface area contributed by atoms with Crippen LogP contribution in [0.15, 0.2) is 46.9 Å². The van der Waals surface area contributed by atoms with Gasteiger partial charge in [0.25, 0.3) is 10.7 Å². The molecule has 0 aliphatic carbocycles. The van der Waals surface area contributed by atoms with E-state index in [4.69, 9.17) is 34.0 Å². The summed E-state index contributed by atoms with van der Waals surface area (Å²) >= 11 is 11.2. The quantitative estimate of drug-likeness (QED) is 0.547. The molecule has 3 aromatic rings. The molecule has 2 aromatic carbocycles. The van der Waals surface area contributed by atoms with Crippen LogP contribution in [0.2, 0.25) is 5.02 Å². The molecule has 0 unspecified atom stereocenters. The van der Waals surface area contributed by atoms with E-state index >= 15 is 0 Å². The molecule has 4 nitrogen and oxygen atoms in total. The Balaban J connectivity index is 2.23. The van der Waals surface area contributed by atoms with E-state index in [-0.39, 0.29) is 15.8 Å². The molecular formula is C14H9ClN2O2S. The summed E-state index contributed by atoms with van der Waals surface area (Å²) in [5.41, 5.74) is 7.60. The molecule has 0 aliphatic heterocycles. The first-order valence-electron chi connectivity index (χ1n) is 5.78. The standard InChI is InChI=1S/C14H9ClN2O2S/c15-10-7-8(16)5-6-9(10)13(18)17-11-3-1-2-4-12(11)19-14(17)20/h1-7H,16H2. The number of para-hydroxylation sites is 2. The molecule has 6 heteroatoms. The average Bonchev–Trinajstić information content (AvgIpc) is 2.73. The minimum Gasteiger partial charge on any atom is -0.429 e. The minimum absolute atomic E-state index is 0.0871. The number of aromatic nitrogens is 1.